The van der Waals surface area contributed by atoms with Crippen LogP contribution in [0.4, 0.5) is 5.69 Å². The van der Waals surface area contributed by atoms with Crippen LogP contribution in [0.3, 0.4) is 0 Å². The smallest absolute Gasteiger partial charge is 0.196 e. The first-order valence-corrected chi connectivity index (χ1v) is 15.7. The Morgan fingerprint density at radius 2 is 1.44 bits per heavy atom. The van der Waals surface area contributed by atoms with Crippen molar-refractivity contribution in [3.05, 3.63) is 112 Å². The fourth-order valence-electron chi connectivity index (χ4n) is 7.38. The van der Waals surface area contributed by atoms with Gasteiger partial charge in [0.25, 0.3) is 0 Å². The molecule has 1 aliphatic heterocycles. The fraction of sp³-hybridized carbons (Fsp3) is 0.410. The first kappa shape index (κ1) is 29.1. The van der Waals surface area contributed by atoms with Gasteiger partial charge < -0.3 is 4.90 Å². The van der Waals surface area contributed by atoms with Crippen molar-refractivity contribution in [2.75, 3.05) is 11.4 Å². The standard InChI is InChI=1S/C39H47NO/c1-8-10-12-24-32(38(4,5)30-22-16-13-19-27(30)3)34-28-20-14-15-21-29(28)35(36(34)41)37-39(6,7)31-23-17-18-25-33(31)40(37)26-11-9-2/h13-23,25H,8-12,24,26H2,1-7H3/b34-32-,37-35+. The minimum Gasteiger partial charge on any atom is -0.343 e. The summed E-state index contributed by atoms with van der Waals surface area (Å²) in [5, 5.41) is 0. The second-order valence-corrected chi connectivity index (χ2v) is 13.0. The summed E-state index contributed by atoms with van der Waals surface area (Å²) in [6.45, 7) is 16.9. The van der Waals surface area contributed by atoms with Crippen LogP contribution in [0, 0.1) is 6.92 Å². The quantitative estimate of drug-likeness (QED) is 0.197. The van der Waals surface area contributed by atoms with Crippen LogP contribution < -0.4 is 4.90 Å². The molecule has 0 aromatic heterocycles. The van der Waals surface area contributed by atoms with Crippen molar-refractivity contribution in [1.29, 1.82) is 0 Å². The van der Waals surface area contributed by atoms with Crippen molar-refractivity contribution < 1.29 is 4.79 Å². The molecule has 3 aromatic carbocycles. The van der Waals surface area contributed by atoms with Gasteiger partial charge in [-0.3, -0.25) is 4.79 Å². The van der Waals surface area contributed by atoms with E-state index in [1.807, 2.05) is 0 Å². The van der Waals surface area contributed by atoms with Gasteiger partial charge in [0.15, 0.2) is 5.78 Å². The van der Waals surface area contributed by atoms with Gasteiger partial charge in [-0.15, -0.1) is 0 Å². The Kier molecular flexibility index (Phi) is 8.15. The molecule has 0 radical (unpaired) electrons. The topological polar surface area (TPSA) is 20.3 Å². The molecule has 0 spiro atoms. The van der Waals surface area contributed by atoms with Crippen molar-refractivity contribution >= 4 is 22.6 Å². The number of Topliss-reactive ketones (excluding diaryl/α,β-unsaturated/α-hetero) is 1. The van der Waals surface area contributed by atoms with Gasteiger partial charge in [0, 0.05) is 34.3 Å². The van der Waals surface area contributed by atoms with Gasteiger partial charge >= 0.3 is 0 Å². The van der Waals surface area contributed by atoms with Crippen LogP contribution in [0.15, 0.2) is 84.1 Å². The molecule has 0 saturated heterocycles. The van der Waals surface area contributed by atoms with Gasteiger partial charge in [-0.1, -0.05) is 128 Å². The number of benzene rings is 3. The number of carbonyl (C=O) groups excluding carboxylic acids is 1. The molecule has 2 heteroatoms. The molecule has 0 unspecified atom stereocenters. The third-order valence-electron chi connectivity index (χ3n) is 9.53. The fourth-order valence-corrected chi connectivity index (χ4v) is 7.38. The lowest BCUT2D eigenvalue weighted by atomic mass is 9.71. The highest BCUT2D eigenvalue weighted by molar-refractivity contribution is 6.48. The lowest BCUT2D eigenvalue weighted by molar-refractivity contribution is -0.108. The number of rotatable bonds is 9. The summed E-state index contributed by atoms with van der Waals surface area (Å²) in [6.07, 6.45) is 6.54. The van der Waals surface area contributed by atoms with Crippen molar-refractivity contribution in [2.24, 2.45) is 0 Å². The SMILES string of the molecule is CCCCC/C(=C1/C(=O)/C(=C2/N(CCCC)c3ccccc3C2(C)C)c2ccccc21)C(C)(C)c1ccccc1C. The number of hydrogen-bond acceptors (Lipinski definition) is 2. The van der Waals surface area contributed by atoms with Crippen LogP contribution in [0.25, 0.3) is 11.1 Å². The van der Waals surface area contributed by atoms with Crippen molar-refractivity contribution in [1.82, 2.24) is 0 Å². The molecule has 2 nitrogen and oxygen atoms in total. The first-order valence-electron chi connectivity index (χ1n) is 15.7. The van der Waals surface area contributed by atoms with Crippen molar-refractivity contribution in [3.63, 3.8) is 0 Å². The van der Waals surface area contributed by atoms with E-state index in [0.717, 1.165) is 67.3 Å². The van der Waals surface area contributed by atoms with Crippen molar-refractivity contribution in [2.45, 2.75) is 97.8 Å². The second-order valence-electron chi connectivity index (χ2n) is 13.0. The average molecular weight is 546 g/mol. The van der Waals surface area contributed by atoms with E-state index in [1.54, 1.807) is 0 Å². The molecule has 214 valence electrons. The number of nitrogens with zero attached hydrogens (tertiary/aromatic N) is 1. The van der Waals surface area contributed by atoms with E-state index in [1.165, 1.54) is 33.6 Å². The van der Waals surface area contributed by atoms with E-state index in [4.69, 9.17) is 0 Å². The summed E-state index contributed by atoms with van der Waals surface area (Å²) in [5.41, 5.74) is 11.1. The molecule has 41 heavy (non-hydrogen) atoms. The van der Waals surface area contributed by atoms with E-state index in [0.29, 0.717) is 0 Å². The largest absolute Gasteiger partial charge is 0.343 e. The van der Waals surface area contributed by atoms with E-state index in [9.17, 15) is 0 Å². The molecule has 1 aliphatic carbocycles. The highest BCUT2D eigenvalue weighted by atomic mass is 16.1. The minimum absolute atomic E-state index is 0.205. The van der Waals surface area contributed by atoms with Gasteiger partial charge in [0.05, 0.1) is 5.57 Å². The maximum absolute atomic E-state index is 15.1. The Morgan fingerprint density at radius 1 is 0.805 bits per heavy atom. The van der Waals surface area contributed by atoms with E-state index >= 15 is 4.79 Å². The monoisotopic (exact) mass is 545 g/mol. The normalized spacial score (nSPS) is 19.0. The number of ketones is 1. The summed E-state index contributed by atoms with van der Waals surface area (Å²) >= 11 is 0. The number of para-hydroxylation sites is 1. The average Bonchev–Trinajstić information content (AvgIpc) is 3.36. The molecule has 0 amide bonds. The summed E-state index contributed by atoms with van der Waals surface area (Å²) in [4.78, 5) is 17.6. The van der Waals surface area contributed by atoms with Crippen LogP contribution in [-0.2, 0) is 15.6 Å². The lowest BCUT2D eigenvalue weighted by Gasteiger charge is -2.32. The summed E-state index contributed by atoms with van der Waals surface area (Å²) in [7, 11) is 0. The van der Waals surface area contributed by atoms with Crippen LogP contribution in [0.1, 0.15) is 108 Å². The zero-order valence-electron chi connectivity index (χ0n) is 26.2. The van der Waals surface area contributed by atoms with E-state index in [2.05, 4.69) is 126 Å². The first-order chi connectivity index (χ1) is 19.7. The molecule has 3 aromatic rings. The number of hydrogen-bond donors (Lipinski definition) is 0. The Hall–Kier alpha value is -3.39. The Labute approximate surface area is 248 Å². The third kappa shape index (κ3) is 4.90. The predicted octanol–water partition coefficient (Wildman–Crippen LogP) is 10.2. The van der Waals surface area contributed by atoms with E-state index < -0.39 is 0 Å². The molecule has 0 bridgehead atoms. The van der Waals surface area contributed by atoms with Gasteiger partial charge in [0.2, 0.25) is 0 Å². The third-order valence-corrected chi connectivity index (χ3v) is 9.53. The maximum atomic E-state index is 15.1. The zero-order valence-corrected chi connectivity index (χ0v) is 26.2. The number of allylic oxidation sites excluding steroid dienone is 4. The van der Waals surface area contributed by atoms with Crippen molar-refractivity contribution in [3.8, 4) is 0 Å². The Morgan fingerprint density at radius 3 is 2.15 bits per heavy atom. The highest BCUT2D eigenvalue weighted by Crippen LogP contribution is 2.54. The molecule has 1 heterocycles. The minimum atomic E-state index is -0.272. The van der Waals surface area contributed by atoms with Gasteiger partial charge in [-0.05, 0) is 65.6 Å². The number of unbranched alkanes of at least 4 members (excludes halogenated alkanes) is 3. The lowest BCUT2D eigenvalue weighted by Crippen LogP contribution is -2.29. The van der Waals surface area contributed by atoms with Crippen LogP contribution in [-0.4, -0.2) is 12.3 Å². The number of anilines is 1. The number of carbonyl (C=O) groups is 1. The number of aryl methyl sites for hydroxylation is 1. The van der Waals surface area contributed by atoms with E-state index in [-0.39, 0.29) is 16.6 Å². The molecule has 5 rings (SSSR count). The molecular formula is C39H47NO. The Balaban J connectivity index is 1.80. The van der Waals surface area contributed by atoms with Crippen LogP contribution in [0.2, 0.25) is 0 Å². The Bertz CT molecular complexity index is 1520. The zero-order chi connectivity index (χ0) is 29.4. The maximum Gasteiger partial charge on any atom is 0.196 e. The molecular weight excluding hydrogens is 498 g/mol. The second kappa shape index (κ2) is 11.5. The predicted molar refractivity (Wildman–Crippen MR) is 175 cm³/mol. The molecule has 0 N–H and O–H groups in total. The van der Waals surface area contributed by atoms with Gasteiger partial charge in [-0.2, -0.15) is 0 Å². The van der Waals surface area contributed by atoms with Gasteiger partial charge in [0.1, 0.15) is 0 Å². The molecule has 0 atom stereocenters. The van der Waals surface area contributed by atoms with Crippen LogP contribution in [0.5, 0.6) is 0 Å². The molecule has 2 aliphatic rings. The summed E-state index contributed by atoms with van der Waals surface area (Å²) < 4.78 is 0. The number of fused-ring (bicyclic) bond motifs is 2. The molecule has 0 saturated carbocycles. The summed E-state index contributed by atoms with van der Waals surface area (Å²) in [6, 6.07) is 26.0. The molecule has 0 fully saturated rings. The highest BCUT2D eigenvalue weighted by Gasteiger charge is 2.47. The van der Waals surface area contributed by atoms with Gasteiger partial charge in [-0.25, -0.2) is 0 Å². The summed E-state index contributed by atoms with van der Waals surface area (Å²) in [5.74, 6) is 0.205. The van der Waals surface area contributed by atoms with Crippen LogP contribution >= 0.6 is 0 Å².